The number of nitrogen functional groups attached to an aromatic ring is 1. The minimum Gasteiger partial charge on any atom is -0.336 e. The molecule has 1 atom stereocenters. The van der Waals surface area contributed by atoms with Crippen LogP contribution in [0.4, 0.5) is 0 Å². The number of rotatable bonds is 0. The molecule has 4 nitrogen and oxygen atoms in total. The van der Waals surface area contributed by atoms with Crippen molar-refractivity contribution < 1.29 is 0 Å². The first-order chi connectivity index (χ1) is 8.09. The largest absolute Gasteiger partial charge is 0.336 e. The highest BCUT2D eigenvalue weighted by atomic mass is 32.1. The molecule has 0 radical (unpaired) electrons. The van der Waals surface area contributed by atoms with E-state index in [0.29, 0.717) is 17.2 Å². The first kappa shape index (κ1) is 10.8. The first-order valence-electron chi connectivity index (χ1n) is 5.94. The molecule has 0 aromatic carbocycles. The molecular formula is C12H16N4S. The Morgan fingerprint density at radius 1 is 1.53 bits per heavy atom. The van der Waals surface area contributed by atoms with Crippen molar-refractivity contribution in [2.24, 2.45) is 0 Å². The highest BCUT2D eigenvalue weighted by Crippen LogP contribution is 2.39. The molecule has 0 saturated carbocycles. The van der Waals surface area contributed by atoms with Crippen LogP contribution in [0, 0.1) is 12.3 Å². The molecule has 1 unspecified atom stereocenters. The molecule has 0 fully saturated rings. The van der Waals surface area contributed by atoms with Crippen molar-refractivity contribution in [3.63, 3.8) is 0 Å². The van der Waals surface area contributed by atoms with Gasteiger partial charge in [-0.15, -0.1) is 11.3 Å². The number of nitrogens with one attached hydrogen (secondary N) is 1. The SMILES string of the molecule is Cc1nc2sc3c(c2c(=N)n1N)C(C)CCC3. The maximum atomic E-state index is 8.18. The minimum atomic E-state index is 0.402. The third-order valence-electron chi connectivity index (χ3n) is 3.63. The monoisotopic (exact) mass is 248 g/mol. The lowest BCUT2D eigenvalue weighted by atomic mass is 9.88. The predicted octanol–water partition coefficient (Wildman–Crippen LogP) is 2.04. The number of fused-ring (bicyclic) bond motifs is 3. The quantitative estimate of drug-likeness (QED) is 0.701. The molecule has 2 heterocycles. The molecule has 0 amide bonds. The number of thiophene rings is 1. The van der Waals surface area contributed by atoms with E-state index in [4.69, 9.17) is 11.3 Å². The smallest absolute Gasteiger partial charge is 0.155 e. The van der Waals surface area contributed by atoms with Crippen LogP contribution in [0.2, 0.25) is 0 Å². The van der Waals surface area contributed by atoms with Crippen molar-refractivity contribution in [2.75, 3.05) is 5.84 Å². The molecule has 0 spiro atoms. The molecule has 0 aliphatic heterocycles. The fraction of sp³-hybridized carbons (Fsp3) is 0.500. The van der Waals surface area contributed by atoms with Crippen LogP contribution in [0.15, 0.2) is 0 Å². The Kier molecular flexibility index (Phi) is 2.26. The normalized spacial score (nSPS) is 19.5. The molecule has 0 bridgehead atoms. The summed E-state index contributed by atoms with van der Waals surface area (Å²) in [6, 6.07) is 0. The number of hydrogen-bond donors (Lipinski definition) is 2. The van der Waals surface area contributed by atoms with Crippen LogP contribution in [0.25, 0.3) is 10.2 Å². The Morgan fingerprint density at radius 2 is 2.29 bits per heavy atom. The molecule has 2 aromatic heterocycles. The fourth-order valence-corrected chi connectivity index (χ4v) is 4.07. The molecule has 3 N–H and O–H groups in total. The number of hydrogen-bond acceptors (Lipinski definition) is 4. The zero-order valence-electron chi connectivity index (χ0n) is 10.1. The Labute approximate surface area is 104 Å². The summed E-state index contributed by atoms with van der Waals surface area (Å²) in [5, 5.41) is 9.16. The molecule has 5 heteroatoms. The number of nitrogens with two attached hydrogens (primary N) is 1. The molecule has 0 saturated heterocycles. The van der Waals surface area contributed by atoms with Crippen molar-refractivity contribution >= 4 is 21.6 Å². The van der Waals surface area contributed by atoms with Gasteiger partial charge in [0, 0.05) is 4.88 Å². The van der Waals surface area contributed by atoms with E-state index in [2.05, 4.69) is 11.9 Å². The molecular weight excluding hydrogens is 232 g/mol. The standard InChI is InChI=1S/C12H16N4S/c1-6-4-3-5-8-9(6)10-11(13)16(14)7(2)15-12(10)17-8/h6,13H,3-5,14H2,1-2H3. The molecule has 17 heavy (non-hydrogen) atoms. The Balaban J connectivity index is 2.46. The molecule has 2 aromatic rings. The van der Waals surface area contributed by atoms with E-state index in [0.717, 1.165) is 16.6 Å². The van der Waals surface area contributed by atoms with Crippen molar-refractivity contribution in [1.29, 1.82) is 5.41 Å². The summed E-state index contributed by atoms with van der Waals surface area (Å²) in [6.45, 7) is 4.09. The van der Waals surface area contributed by atoms with Gasteiger partial charge in [0.25, 0.3) is 0 Å². The molecule has 90 valence electrons. The zero-order valence-corrected chi connectivity index (χ0v) is 10.9. The summed E-state index contributed by atoms with van der Waals surface area (Å²) in [7, 11) is 0. The average Bonchev–Trinajstić information content (AvgIpc) is 2.65. The van der Waals surface area contributed by atoms with E-state index in [1.165, 1.54) is 28.0 Å². The number of nitrogens with zero attached hydrogens (tertiary/aromatic N) is 2. The van der Waals surface area contributed by atoms with Gasteiger partial charge in [-0.25, -0.2) is 9.66 Å². The lowest BCUT2D eigenvalue weighted by Gasteiger charge is -2.18. The average molecular weight is 248 g/mol. The van der Waals surface area contributed by atoms with Gasteiger partial charge in [0.1, 0.15) is 10.7 Å². The second kappa shape index (κ2) is 3.57. The highest BCUT2D eigenvalue weighted by Gasteiger charge is 2.24. The molecule has 1 aliphatic carbocycles. The van der Waals surface area contributed by atoms with Crippen LogP contribution in [0.1, 0.15) is 41.9 Å². The summed E-state index contributed by atoms with van der Waals surface area (Å²) >= 11 is 1.74. The number of aryl methyl sites for hydroxylation is 2. The Hall–Kier alpha value is -1.36. The van der Waals surface area contributed by atoms with E-state index < -0.39 is 0 Å². The van der Waals surface area contributed by atoms with E-state index in [-0.39, 0.29) is 0 Å². The van der Waals surface area contributed by atoms with Crippen LogP contribution in [-0.4, -0.2) is 9.66 Å². The minimum absolute atomic E-state index is 0.402. The van der Waals surface area contributed by atoms with Gasteiger partial charge in [-0.1, -0.05) is 6.92 Å². The van der Waals surface area contributed by atoms with Gasteiger partial charge < -0.3 is 5.84 Å². The van der Waals surface area contributed by atoms with Gasteiger partial charge >= 0.3 is 0 Å². The van der Waals surface area contributed by atoms with Crippen molar-refractivity contribution in [1.82, 2.24) is 9.66 Å². The first-order valence-corrected chi connectivity index (χ1v) is 6.76. The maximum absolute atomic E-state index is 8.18. The lowest BCUT2D eigenvalue weighted by molar-refractivity contribution is 0.601. The zero-order chi connectivity index (χ0) is 12.2. The maximum Gasteiger partial charge on any atom is 0.155 e. The van der Waals surface area contributed by atoms with Crippen LogP contribution >= 0.6 is 11.3 Å². The predicted molar refractivity (Wildman–Crippen MR) is 69.7 cm³/mol. The van der Waals surface area contributed by atoms with E-state index >= 15 is 0 Å². The summed E-state index contributed by atoms with van der Waals surface area (Å²) in [4.78, 5) is 6.90. The van der Waals surface area contributed by atoms with Gasteiger partial charge in [0.05, 0.1) is 5.39 Å². The van der Waals surface area contributed by atoms with Gasteiger partial charge in [-0.2, -0.15) is 0 Å². The second-order valence-electron chi connectivity index (χ2n) is 4.79. The third kappa shape index (κ3) is 1.42. The van der Waals surface area contributed by atoms with Crippen LogP contribution in [0.3, 0.4) is 0 Å². The second-order valence-corrected chi connectivity index (χ2v) is 5.87. The lowest BCUT2D eigenvalue weighted by Crippen LogP contribution is -2.30. The Bertz CT molecular complexity index is 653. The van der Waals surface area contributed by atoms with Gasteiger partial charge in [0.2, 0.25) is 0 Å². The summed E-state index contributed by atoms with van der Waals surface area (Å²) in [5.74, 6) is 7.09. The fourth-order valence-electron chi connectivity index (χ4n) is 2.69. The molecule has 3 rings (SSSR count). The topological polar surface area (TPSA) is 67.7 Å². The Morgan fingerprint density at radius 3 is 3.06 bits per heavy atom. The van der Waals surface area contributed by atoms with Crippen molar-refractivity contribution in [3.8, 4) is 0 Å². The van der Waals surface area contributed by atoms with E-state index in [1.807, 2.05) is 6.92 Å². The molecule has 1 aliphatic rings. The van der Waals surface area contributed by atoms with Crippen LogP contribution < -0.4 is 11.3 Å². The van der Waals surface area contributed by atoms with Crippen LogP contribution in [-0.2, 0) is 6.42 Å². The van der Waals surface area contributed by atoms with Gasteiger partial charge in [-0.3, -0.25) is 5.41 Å². The van der Waals surface area contributed by atoms with Crippen molar-refractivity contribution in [3.05, 3.63) is 21.8 Å². The van der Waals surface area contributed by atoms with E-state index in [9.17, 15) is 0 Å². The van der Waals surface area contributed by atoms with Crippen LogP contribution in [0.5, 0.6) is 0 Å². The van der Waals surface area contributed by atoms with Gasteiger partial charge in [0.15, 0.2) is 5.49 Å². The van der Waals surface area contributed by atoms with Crippen molar-refractivity contribution in [2.45, 2.75) is 39.0 Å². The third-order valence-corrected chi connectivity index (χ3v) is 4.79. The number of aromatic nitrogens is 2. The summed E-state index contributed by atoms with van der Waals surface area (Å²) in [6.07, 6.45) is 3.58. The van der Waals surface area contributed by atoms with Gasteiger partial charge in [-0.05, 0) is 37.7 Å². The summed E-state index contributed by atoms with van der Waals surface area (Å²) < 4.78 is 1.39. The summed E-state index contributed by atoms with van der Waals surface area (Å²) in [5.41, 5.74) is 1.73. The highest BCUT2D eigenvalue weighted by molar-refractivity contribution is 7.18. The van der Waals surface area contributed by atoms with E-state index in [1.54, 1.807) is 11.3 Å².